The van der Waals surface area contributed by atoms with Crippen LogP contribution in [0.5, 0.6) is 0 Å². The zero-order valence-electron chi connectivity index (χ0n) is 8.98. The van der Waals surface area contributed by atoms with Crippen LogP contribution in [-0.2, 0) is 6.42 Å². The van der Waals surface area contributed by atoms with Crippen LogP contribution in [0.3, 0.4) is 0 Å². The molecule has 2 aromatic heterocycles. The number of pyridine rings is 1. The Kier molecular flexibility index (Phi) is 2.11. The molecule has 1 aromatic carbocycles. The predicted octanol–water partition coefficient (Wildman–Crippen LogP) is 1.41. The minimum atomic E-state index is 0.673. The molecule has 16 heavy (non-hydrogen) atoms. The maximum Gasteiger partial charge on any atom is 0.292 e. The summed E-state index contributed by atoms with van der Waals surface area (Å²) in [6.45, 7) is 0.673. The number of nitrogens with two attached hydrogens (primary N) is 1. The van der Waals surface area contributed by atoms with E-state index in [1.807, 2.05) is 6.20 Å². The highest BCUT2D eigenvalue weighted by molar-refractivity contribution is 5.91. The number of fused-ring (bicyclic) bond motifs is 3. The molecule has 0 radical (unpaired) electrons. The monoisotopic (exact) mass is 212 g/mol. The fourth-order valence-corrected chi connectivity index (χ4v) is 2.17. The van der Waals surface area contributed by atoms with Crippen LogP contribution in [0.25, 0.3) is 16.4 Å². The Hall–Kier alpha value is -1.87. The maximum atomic E-state index is 5.60. The number of H-pyrrole nitrogens is 1. The van der Waals surface area contributed by atoms with Gasteiger partial charge in [-0.3, -0.25) is 0 Å². The summed E-state index contributed by atoms with van der Waals surface area (Å²) >= 11 is 0. The number of benzene rings is 1. The van der Waals surface area contributed by atoms with Crippen molar-refractivity contribution >= 4 is 16.4 Å². The summed E-state index contributed by atoms with van der Waals surface area (Å²) in [5.41, 5.74) is 7.96. The molecular weight excluding hydrogens is 198 g/mol. The van der Waals surface area contributed by atoms with Crippen molar-refractivity contribution in [3.8, 4) is 0 Å². The zero-order chi connectivity index (χ0) is 11.0. The molecule has 0 unspecified atom stereocenters. The number of rotatable bonds is 2. The molecule has 3 rings (SSSR count). The summed E-state index contributed by atoms with van der Waals surface area (Å²) in [5.74, 6) is 0. The van der Waals surface area contributed by atoms with E-state index in [0.29, 0.717) is 6.54 Å². The Morgan fingerprint density at radius 1 is 1.19 bits per heavy atom. The Balaban J connectivity index is 2.36. The lowest BCUT2D eigenvalue weighted by Crippen LogP contribution is -2.25. The van der Waals surface area contributed by atoms with E-state index in [1.165, 1.54) is 16.5 Å². The third-order valence-electron chi connectivity index (χ3n) is 2.95. The lowest BCUT2D eigenvalue weighted by Gasteiger charge is -1.96. The van der Waals surface area contributed by atoms with Gasteiger partial charge in [-0.2, -0.15) is 4.40 Å². The lowest BCUT2D eigenvalue weighted by molar-refractivity contribution is -0.518. The van der Waals surface area contributed by atoms with E-state index < -0.39 is 0 Å². The second-order valence-electron chi connectivity index (χ2n) is 3.94. The second kappa shape index (κ2) is 3.61. The van der Waals surface area contributed by atoms with Crippen LogP contribution in [0.4, 0.5) is 0 Å². The van der Waals surface area contributed by atoms with Crippen molar-refractivity contribution in [1.82, 2.24) is 4.98 Å². The molecule has 3 aromatic rings. The molecule has 0 aliphatic heterocycles. The summed E-state index contributed by atoms with van der Waals surface area (Å²) < 4.78 is 2.18. The highest BCUT2D eigenvalue weighted by atomic mass is 15.0. The standard InChI is InChI=1S/C13H13N3/c14-7-5-11-9-15-13-12-4-2-1-3-10(12)6-8-16(11)13/h1-4,6,8-9H,5,7,14H2/p+1. The summed E-state index contributed by atoms with van der Waals surface area (Å²) in [7, 11) is 0. The van der Waals surface area contributed by atoms with Crippen molar-refractivity contribution in [2.45, 2.75) is 6.42 Å². The van der Waals surface area contributed by atoms with E-state index in [-0.39, 0.29) is 0 Å². The minimum Gasteiger partial charge on any atom is -0.330 e. The summed E-state index contributed by atoms with van der Waals surface area (Å²) in [6, 6.07) is 10.5. The van der Waals surface area contributed by atoms with Gasteiger partial charge in [-0.15, -0.1) is 0 Å². The van der Waals surface area contributed by atoms with E-state index in [4.69, 9.17) is 5.73 Å². The Morgan fingerprint density at radius 3 is 2.94 bits per heavy atom. The molecule has 80 valence electrons. The number of hydrogen-bond donors (Lipinski definition) is 2. The first-order valence-electron chi connectivity index (χ1n) is 5.49. The third-order valence-corrected chi connectivity index (χ3v) is 2.95. The average molecular weight is 212 g/mol. The molecule has 0 aliphatic rings. The highest BCUT2D eigenvalue weighted by Crippen LogP contribution is 2.15. The van der Waals surface area contributed by atoms with Crippen molar-refractivity contribution in [2.24, 2.45) is 5.73 Å². The van der Waals surface area contributed by atoms with Crippen LogP contribution in [-0.4, -0.2) is 11.5 Å². The second-order valence-corrected chi connectivity index (χ2v) is 3.94. The Bertz CT molecular complexity index is 640. The van der Waals surface area contributed by atoms with Gasteiger partial charge >= 0.3 is 0 Å². The van der Waals surface area contributed by atoms with E-state index >= 15 is 0 Å². The summed E-state index contributed by atoms with van der Waals surface area (Å²) in [4.78, 5) is 3.32. The smallest absolute Gasteiger partial charge is 0.292 e. The van der Waals surface area contributed by atoms with Crippen LogP contribution in [0.15, 0.2) is 42.7 Å². The number of aromatic amines is 1. The van der Waals surface area contributed by atoms with Crippen LogP contribution >= 0.6 is 0 Å². The number of hydrogen-bond acceptors (Lipinski definition) is 1. The molecule has 0 aliphatic carbocycles. The van der Waals surface area contributed by atoms with Gasteiger partial charge in [0, 0.05) is 13.0 Å². The van der Waals surface area contributed by atoms with Gasteiger partial charge in [0.2, 0.25) is 0 Å². The molecule has 0 saturated heterocycles. The van der Waals surface area contributed by atoms with E-state index in [1.54, 1.807) is 0 Å². The van der Waals surface area contributed by atoms with Gasteiger partial charge in [0.05, 0.1) is 11.6 Å². The normalized spacial score (nSPS) is 11.3. The van der Waals surface area contributed by atoms with Gasteiger partial charge in [-0.25, -0.2) is 4.98 Å². The molecule has 0 spiro atoms. The molecular formula is C13H14N3+. The first-order chi connectivity index (χ1) is 7.90. The molecule has 3 heteroatoms. The van der Waals surface area contributed by atoms with Crippen molar-refractivity contribution in [3.63, 3.8) is 0 Å². The Labute approximate surface area is 93.5 Å². The molecule has 3 nitrogen and oxygen atoms in total. The lowest BCUT2D eigenvalue weighted by atomic mass is 10.2. The molecule has 0 saturated carbocycles. The zero-order valence-corrected chi connectivity index (χ0v) is 8.98. The summed E-state index contributed by atoms with van der Waals surface area (Å²) in [6.07, 6.45) is 5.02. The molecule has 0 fully saturated rings. The quantitative estimate of drug-likeness (QED) is 0.620. The number of aromatic nitrogens is 2. The first kappa shape index (κ1) is 9.36. The molecule has 2 heterocycles. The van der Waals surface area contributed by atoms with Crippen LogP contribution in [0.2, 0.25) is 0 Å². The number of nitrogens with zero attached hydrogens (tertiary/aromatic N) is 1. The Morgan fingerprint density at radius 2 is 2.06 bits per heavy atom. The van der Waals surface area contributed by atoms with Gasteiger partial charge in [-0.05, 0) is 17.5 Å². The fourth-order valence-electron chi connectivity index (χ4n) is 2.17. The maximum absolute atomic E-state index is 5.60. The van der Waals surface area contributed by atoms with Gasteiger partial charge in [-0.1, -0.05) is 18.2 Å². The molecule has 3 N–H and O–H groups in total. The molecule has 0 amide bonds. The van der Waals surface area contributed by atoms with Gasteiger partial charge < -0.3 is 5.73 Å². The number of imidazole rings is 1. The molecule has 0 atom stereocenters. The molecule has 0 bridgehead atoms. The van der Waals surface area contributed by atoms with Crippen LogP contribution in [0, 0.1) is 0 Å². The van der Waals surface area contributed by atoms with E-state index in [9.17, 15) is 0 Å². The topological polar surface area (TPSA) is 45.9 Å². The van der Waals surface area contributed by atoms with Crippen molar-refractivity contribution in [3.05, 3.63) is 48.4 Å². The first-order valence-corrected chi connectivity index (χ1v) is 5.49. The summed E-state index contributed by atoms with van der Waals surface area (Å²) in [5, 5.41) is 2.50. The van der Waals surface area contributed by atoms with Crippen LogP contribution in [0.1, 0.15) is 5.69 Å². The van der Waals surface area contributed by atoms with Gasteiger partial charge in [0.25, 0.3) is 5.65 Å². The van der Waals surface area contributed by atoms with E-state index in [0.717, 1.165) is 12.1 Å². The third kappa shape index (κ3) is 1.29. The largest absolute Gasteiger partial charge is 0.330 e. The van der Waals surface area contributed by atoms with Crippen molar-refractivity contribution in [1.29, 1.82) is 0 Å². The minimum absolute atomic E-state index is 0.673. The van der Waals surface area contributed by atoms with Crippen LogP contribution < -0.4 is 10.1 Å². The average Bonchev–Trinajstić information content (AvgIpc) is 2.73. The number of nitrogens with one attached hydrogen (secondary N) is 1. The SMILES string of the molecule is NCCc1c[nH]c2c3ccccc3cc[n+]12. The fraction of sp³-hybridized carbons (Fsp3) is 0.154. The van der Waals surface area contributed by atoms with Crippen molar-refractivity contribution < 1.29 is 4.40 Å². The van der Waals surface area contributed by atoms with Gasteiger partial charge in [0.1, 0.15) is 11.9 Å². The van der Waals surface area contributed by atoms with Crippen molar-refractivity contribution in [2.75, 3.05) is 6.54 Å². The van der Waals surface area contributed by atoms with E-state index in [2.05, 4.69) is 45.9 Å². The highest BCUT2D eigenvalue weighted by Gasteiger charge is 2.12. The van der Waals surface area contributed by atoms with Gasteiger partial charge in [0.15, 0.2) is 0 Å². The predicted molar refractivity (Wildman–Crippen MR) is 64.2 cm³/mol.